The van der Waals surface area contributed by atoms with Gasteiger partial charge in [0.1, 0.15) is 5.76 Å². The molecule has 0 aliphatic heterocycles. The van der Waals surface area contributed by atoms with E-state index in [1.54, 1.807) is 6.07 Å². The monoisotopic (exact) mass is 275 g/mol. The van der Waals surface area contributed by atoms with Gasteiger partial charge in [0.05, 0.1) is 18.1 Å². The van der Waals surface area contributed by atoms with E-state index in [1.165, 1.54) is 6.07 Å². The van der Waals surface area contributed by atoms with Crippen molar-refractivity contribution in [3.63, 3.8) is 0 Å². The Kier molecular flexibility index (Phi) is 3.62. The highest BCUT2D eigenvalue weighted by atomic mass is 79.9. The number of nitrogens with zero attached hydrogens (tertiary/aromatic N) is 1. The maximum atomic E-state index is 11.0. The predicted molar refractivity (Wildman–Crippen MR) is 53.4 cm³/mol. The predicted octanol–water partition coefficient (Wildman–Crippen LogP) is 1.83. The van der Waals surface area contributed by atoms with E-state index >= 15 is 0 Å². The molecular formula is C8H6BrNO5. The molecule has 0 fully saturated rings. The molecule has 7 heteroatoms. The van der Waals surface area contributed by atoms with Crippen LogP contribution in [-0.2, 0) is 9.53 Å². The van der Waals surface area contributed by atoms with Crippen LogP contribution in [0.25, 0.3) is 6.08 Å². The molecule has 80 valence electrons. The van der Waals surface area contributed by atoms with Gasteiger partial charge >= 0.3 is 11.7 Å². The van der Waals surface area contributed by atoms with Crippen LogP contribution >= 0.6 is 15.9 Å². The molecule has 6 nitrogen and oxygen atoms in total. The third kappa shape index (κ3) is 2.91. The summed E-state index contributed by atoms with van der Waals surface area (Å²) in [7, 11) is 1.07. The van der Waals surface area contributed by atoms with Crippen LogP contribution < -0.4 is 0 Å². The quantitative estimate of drug-likeness (QED) is 0.364. The maximum Gasteiger partial charge on any atom is 0.409 e. The van der Waals surface area contributed by atoms with Gasteiger partial charge in [0, 0.05) is 0 Å². The van der Waals surface area contributed by atoms with E-state index in [2.05, 4.69) is 20.7 Å². The summed E-state index contributed by atoms with van der Waals surface area (Å²) in [4.78, 5) is 20.6. The van der Waals surface area contributed by atoms with Crippen LogP contribution in [0.3, 0.4) is 0 Å². The van der Waals surface area contributed by atoms with Gasteiger partial charge in [-0.25, -0.2) is 4.79 Å². The van der Waals surface area contributed by atoms with Crippen molar-refractivity contribution >= 4 is 28.0 Å². The lowest BCUT2D eigenvalue weighted by Gasteiger charge is -1.94. The number of carbonyl (C=O) groups excluding carboxylic acids is 1. The van der Waals surface area contributed by atoms with Crippen LogP contribution in [0.2, 0.25) is 0 Å². The normalized spacial score (nSPS) is 11.2. The molecule has 0 unspecified atom stereocenters. The van der Waals surface area contributed by atoms with Crippen molar-refractivity contribution in [2.24, 2.45) is 0 Å². The van der Waals surface area contributed by atoms with Gasteiger partial charge < -0.3 is 9.15 Å². The fourth-order valence-corrected chi connectivity index (χ4v) is 1.15. The molecule has 15 heavy (non-hydrogen) atoms. The number of esters is 1. The second-order valence-electron chi connectivity index (χ2n) is 2.42. The van der Waals surface area contributed by atoms with Gasteiger partial charge in [0.15, 0.2) is 4.67 Å². The standard InChI is InChI=1S/C8H6BrNO5/c1-14-8(11)6(10(12)13)4-5-2-3-7(9)15-5/h2-4H,1H3/b6-4-. The summed E-state index contributed by atoms with van der Waals surface area (Å²) in [6.07, 6.45) is 0.997. The molecular weight excluding hydrogens is 270 g/mol. The summed E-state index contributed by atoms with van der Waals surface area (Å²) < 4.78 is 9.66. The number of carbonyl (C=O) groups is 1. The van der Waals surface area contributed by atoms with Crippen LogP contribution in [0.5, 0.6) is 0 Å². The van der Waals surface area contributed by atoms with E-state index in [1.807, 2.05) is 0 Å². The first-order chi connectivity index (χ1) is 7.04. The zero-order valence-electron chi connectivity index (χ0n) is 7.60. The Morgan fingerprint density at radius 2 is 2.33 bits per heavy atom. The molecule has 1 aromatic heterocycles. The molecule has 0 N–H and O–H groups in total. The molecule has 1 heterocycles. The number of hydrogen-bond acceptors (Lipinski definition) is 5. The fraction of sp³-hybridized carbons (Fsp3) is 0.125. The minimum absolute atomic E-state index is 0.193. The summed E-state index contributed by atoms with van der Waals surface area (Å²) in [5.74, 6) is -0.827. The molecule has 0 saturated carbocycles. The van der Waals surface area contributed by atoms with Crippen LogP contribution in [0.4, 0.5) is 0 Å². The summed E-state index contributed by atoms with van der Waals surface area (Å²) in [6, 6.07) is 3.04. The van der Waals surface area contributed by atoms with Gasteiger partial charge in [-0.2, -0.15) is 0 Å². The Labute approximate surface area is 92.8 Å². The van der Waals surface area contributed by atoms with Crippen molar-refractivity contribution in [3.05, 3.63) is 38.4 Å². The molecule has 0 spiro atoms. The zero-order chi connectivity index (χ0) is 11.4. The summed E-state index contributed by atoms with van der Waals surface area (Å²) in [6.45, 7) is 0. The van der Waals surface area contributed by atoms with E-state index in [0.29, 0.717) is 4.67 Å². The molecule has 1 rings (SSSR count). The largest absolute Gasteiger partial charge is 0.461 e. The highest BCUT2D eigenvalue weighted by Gasteiger charge is 2.23. The van der Waals surface area contributed by atoms with Crippen molar-refractivity contribution in [1.29, 1.82) is 0 Å². The third-order valence-corrected chi connectivity index (χ3v) is 1.89. The first-order valence-corrected chi connectivity index (χ1v) is 4.53. The Hall–Kier alpha value is -1.63. The SMILES string of the molecule is COC(=O)/C(=C/c1ccc(Br)o1)[N+](=O)[O-]. The third-order valence-electron chi connectivity index (χ3n) is 1.46. The number of halogens is 1. The van der Waals surface area contributed by atoms with Crippen LogP contribution in [0.15, 0.2) is 26.9 Å². The second kappa shape index (κ2) is 4.74. The van der Waals surface area contributed by atoms with Crippen molar-refractivity contribution < 1.29 is 18.9 Å². The van der Waals surface area contributed by atoms with E-state index in [9.17, 15) is 14.9 Å². The number of hydrogen-bond donors (Lipinski definition) is 0. The lowest BCUT2D eigenvalue weighted by molar-refractivity contribution is -0.419. The minimum Gasteiger partial charge on any atom is -0.461 e. The number of ether oxygens (including phenoxy) is 1. The molecule has 0 radical (unpaired) electrons. The van der Waals surface area contributed by atoms with Crippen LogP contribution in [-0.4, -0.2) is 18.0 Å². The van der Waals surface area contributed by atoms with Crippen LogP contribution in [0, 0.1) is 10.1 Å². The molecule has 0 atom stereocenters. The molecule has 1 aromatic rings. The number of nitro groups is 1. The van der Waals surface area contributed by atoms with Crippen LogP contribution in [0.1, 0.15) is 5.76 Å². The first-order valence-electron chi connectivity index (χ1n) is 3.74. The first kappa shape index (κ1) is 11.4. The molecule has 0 amide bonds. The Morgan fingerprint density at radius 1 is 1.67 bits per heavy atom. The highest BCUT2D eigenvalue weighted by Crippen LogP contribution is 2.17. The molecule has 0 saturated heterocycles. The number of methoxy groups -OCH3 is 1. The molecule has 0 aromatic carbocycles. The van der Waals surface area contributed by atoms with E-state index in [-0.39, 0.29) is 5.76 Å². The average molecular weight is 276 g/mol. The second-order valence-corrected chi connectivity index (χ2v) is 3.20. The molecule has 0 aliphatic rings. The lowest BCUT2D eigenvalue weighted by Crippen LogP contribution is -2.12. The van der Waals surface area contributed by atoms with Gasteiger partial charge in [0.25, 0.3) is 0 Å². The summed E-state index contributed by atoms with van der Waals surface area (Å²) in [5.41, 5.74) is -0.681. The van der Waals surface area contributed by atoms with E-state index < -0.39 is 16.6 Å². The number of furan rings is 1. The highest BCUT2D eigenvalue weighted by molar-refractivity contribution is 9.10. The van der Waals surface area contributed by atoms with Gasteiger partial charge in [0.2, 0.25) is 0 Å². The van der Waals surface area contributed by atoms with Gasteiger partial charge in [-0.05, 0) is 28.1 Å². The van der Waals surface area contributed by atoms with Crippen molar-refractivity contribution in [2.45, 2.75) is 0 Å². The van der Waals surface area contributed by atoms with Crippen molar-refractivity contribution in [3.8, 4) is 0 Å². The smallest absolute Gasteiger partial charge is 0.409 e. The zero-order valence-corrected chi connectivity index (χ0v) is 9.18. The van der Waals surface area contributed by atoms with Gasteiger partial charge in [-0.15, -0.1) is 0 Å². The van der Waals surface area contributed by atoms with E-state index in [0.717, 1.165) is 13.2 Å². The van der Waals surface area contributed by atoms with Gasteiger partial charge in [-0.1, -0.05) is 0 Å². The Balaban J connectivity index is 3.04. The topological polar surface area (TPSA) is 82.6 Å². The average Bonchev–Trinajstić information content (AvgIpc) is 2.59. The Bertz CT molecular complexity index is 422. The van der Waals surface area contributed by atoms with Crippen molar-refractivity contribution in [2.75, 3.05) is 7.11 Å². The van der Waals surface area contributed by atoms with Crippen molar-refractivity contribution in [1.82, 2.24) is 0 Å². The van der Waals surface area contributed by atoms with Gasteiger partial charge in [-0.3, -0.25) is 10.1 Å². The lowest BCUT2D eigenvalue weighted by atomic mass is 10.3. The number of rotatable bonds is 3. The minimum atomic E-state index is -1.02. The summed E-state index contributed by atoms with van der Waals surface area (Å²) in [5, 5.41) is 10.5. The maximum absolute atomic E-state index is 11.0. The summed E-state index contributed by atoms with van der Waals surface area (Å²) >= 11 is 3.03. The Morgan fingerprint density at radius 3 is 2.73 bits per heavy atom. The molecule has 0 bridgehead atoms. The fourth-order valence-electron chi connectivity index (χ4n) is 0.831. The molecule has 0 aliphatic carbocycles. The van der Waals surface area contributed by atoms with E-state index in [4.69, 9.17) is 4.42 Å².